The van der Waals surface area contributed by atoms with Crippen molar-refractivity contribution in [3.05, 3.63) is 30.0 Å². The summed E-state index contributed by atoms with van der Waals surface area (Å²) in [6.45, 7) is 0. The first-order valence-corrected chi connectivity index (χ1v) is 5.38. The van der Waals surface area contributed by atoms with Gasteiger partial charge in [-0.25, -0.2) is 0 Å². The number of rotatable bonds is 1. The van der Waals surface area contributed by atoms with Gasteiger partial charge in [0.05, 0.1) is 16.6 Å². The lowest BCUT2D eigenvalue weighted by atomic mass is 10.1. The van der Waals surface area contributed by atoms with E-state index in [1.54, 1.807) is 0 Å². The fraction of sp³-hybridized carbons (Fsp3) is 0.111. The first-order valence-electron chi connectivity index (χ1n) is 4.16. The summed E-state index contributed by atoms with van der Waals surface area (Å²) in [6.07, 6.45) is -3.09. The largest absolute Gasteiger partial charge is 0.417 e. The third-order valence-corrected chi connectivity index (χ3v) is 2.91. The van der Waals surface area contributed by atoms with Gasteiger partial charge in [-0.2, -0.15) is 13.2 Å². The van der Waals surface area contributed by atoms with Gasteiger partial charge < -0.3 is 0 Å². The van der Waals surface area contributed by atoms with E-state index < -0.39 is 11.7 Å². The zero-order chi connectivity index (χ0) is 11.8. The minimum atomic E-state index is -4.40. The number of alkyl halides is 3. The fourth-order valence-electron chi connectivity index (χ4n) is 1.27. The number of hydrogen-bond acceptors (Lipinski definition) is 4. The van der Waals surface area contributed by atoms with Crippen molar-refractivity contribution in [1.82, 2.24) is 9.59 Å². The van der Waals surface area contributed by atoms with Crippen LogP contribution in [0.4, 0.5) is 13.2 Å². The molecule has 0 atom stereocenters. The summed E-state index contributed by atoms with van der Waals surface area (Å²) in [5.41, 5.74) is -0.633. The highest BCUT2D eigenvalue weighted by Crippen LogP contribution is 2.38. The highest BCUT2D eigenvalue weighted by Gasteiger charge is 2.34. The van der Waals surface area contributed by atoms with Crippen LogP contribution < -0.4 is 0 Å². The van der Waals surface area contributed by atoms with Gasteiger partial charge in [0.2, 0.25) is 0 Å². The molecule has 0 aliphatic heterocycles. The first kappa shape index (κ1) is 11.4. The lowest BCUT2D eigenvalue weighted by Gasteiger charge is -2.11. The van der Waals surface area contributed by atoms with Crippen molar-refractivity contribution in [3.63, 3.8) is 0 Å². The normalized spacial score (nSPS) is 11.8. The smallest absolute Gasteiger partial charge is 0.166 e. The Morgan fingerprint density at radius 1 is 1.25 bits per heavy atom. The van der Waals surface area contributed by atoms with Crippen LogP contribution in [0.5, 0.6) is 0 Å². The van der Waals surface area contributed by atoms with Gasteiger partial charge >= 0.3 is 6.18 Å². The molecule has 0 unspecified atom stereocenters. The fourth-order valence-corrected chi connectivity index (χ4v) is 2.02. The Labute approximate surface area is 98.7 Å². The Morgan fingerprint density at radius 3 is 2.56 bits per heavy atom. The second-order valence-corrected chi connectivity index (χ2v) is 4.31. The highest BCUT2D eigenvalue weighted by atomic mass is 32.1. The molecule has 16 heavy (non-hydrogen) atoms. The predicted octanol–water partition coefficient (Wildman–Crippen LogP) is 3.51. The Bertz CT molecular complexity index is 494. The zero-order valence-electron chi connectivity index (χ0n) is 7.69. The zero-order valence-corrected chi connectivity index (χ0v) is 9.40. The van der Waals surface area contributed by atoms with E-state index in [1.165, 1.54) is 18.3 Å². The molecule has 1 aromatic carbocycles. The van der Waals surface area contributed by atoms with Crippen LogP contribution in [0, 0.1) is 0 Å². The van der Waals surface area contributed by atoms with Crippen LogP contribution in [0.3, 0.4) is 0 Å². The average Bonchev–Trinajstić information content (AvgIpc) is 2.69. The van der Waals surface area contributed by atoms with Crippen molar-refractivity contribution in [2.24, 2.45) is 0 Å². The van der Waals surface area contributed by atoms with E-state index in [9.17, 15) is 13.2 Å². The standard InChI is InChI=1S/C9H5F3N2S2/c10-9(11,12)7-3-5(15)1-2-6(7)8-4-13-14-16-8/h1-4,15H. The summed E-state index contributed by atoms with van der Waals surface area (Å²) in [5.74, 6) is 0. The second-order valence-electron chi connectivity index (χ2n) is 3.01. The van der Waals surface area contributed by atoms with Gasteiger partial charge in [-0.3, -0.25) is 0 Å². The molecule has 0 N–H and O–H groups in total. The number of aromatic nitrogens is 2. The molecule has 0 radical (unpaired) electrons. The summed E-state index contributed by atoms with van der Waals surface area (Å²) in [5, 5.41) is 3.53. The topological polar surface area (TPSA) is 25.8 Å². The van der Waals surface area contributed by atoms with Gasteiger partial charge in [-0.05, 0) is 23.7 Å². The summed E-state index contributed by atoms with van der Waals surface area (Å²) in [6, 6.07) is 3.88. The lowest BCUT2D eigenvalue weighted by Crippen LogP contribution is -2.06. The van der Waals surface area contributed by atoms with E-state index in [1.807, 2.05) is 0 Å². The molecule has 0 saturated heterocycles. The number of halogens is 3. The molecule has 0 aliphatic carbocycles. The van der Waals surface area contributed by atoms with Crippen molar-refractivity contribution in [3.8, 4) is 10.4 Å². The Kier molecular flexibility index (Phi) is 2.90. The van der Waals surface area contributed by atoms with E-state index in [-0.39, 0.29) is 10.5 Å². The van der Waals surface area contributed by atoms with E-state index in [2.05, 4.69) is 22.2 Å². The van der Waals surface area contributed by atoms with E-state index in [4.69, 9.17) is 0 Å². The Balaban J connectivity index is 2.62. The Morgan fingerprint density at radius 2 is 2.00 bits per heavy atom. The maximum atomic E-state index is 12.8. The summed E-state index contributed by atoms with van der Waals surface area (Å²) >= 11 is 4.83. The van der Waals surface area contributed by atoms with Crippen LogP contribution in [0.1, 0.15) is 5.56 Å². The molecule has 0 bridgehead atoms. The quantitative estimate of drug-likeness (QED) is 0.796. The van der Waals surface area contributed by atoms with E-state index in [0.717, 1.165) is 17.6 Å². The first-order chi connectivity index (χ1) is 7.48. The van der Waals surface area contributed by atoms with Gasteiger partial charge in [-0.15, -0.1) is 17.7 Å². The molecule has 84 valence electrons. The summed E-state index contributed by atoms with van der Waals surface area (Å²) in [7, 11) is 0. The lowest BCUT2D eigenvalue weighted by molar-refractivity contribution is -0.137. The molecular formula is C9H5F3N2S2. The maximum Gasteiger partial charge on any atom is 0.417 e. The van der Waals surface area contributed by atoms with Crippen molar-refractivity contribution < 1.29 is 13.2 Å². The molecule has 1 aromatic heterocycles. The molecule has 0 amide bonds. The monoisotopic (exact) mass is 262 g/mol. The van der Waals surface area contributed by atoms with Crippen LogP contribution in [0.2, 0.25) is 0 Å². The van der Waals surface area contributed by atoms with Crippen molar-refractivity contribution >= 4 is 24.2 Å². The molecule has 0 spiro atoms. The molecule has 0 saturated carbocycles. The summed E-state index contributed by atoms with van der Waals surface area (Å²) in [4.78, 5) is 0.661. The third kappa shape index (κ3) is 2.19. The van der Waals surface area contributed by atoms with Crippen LogP contribution in [0.15, 0.2) is 29.3 Å². The highest BCUT2D eigenvalue weighted by molar-refractivity contribution is 7.80. The third-order valence-electron chi connectivity index (χ3n) is 1.94. The molecule has 7 heteroatoms. The minimum Gasteiger partial charge on any atom is -0.166 e. The van der Waals surface area contributed by atoms with Gasteiger partial charge in [0.1, 0.15) is 0 Å². The second kappa shape index (κ2) is 4.06. The number of hydrogen-bond donors (Lipinski definition) is 1. The van der Waals surface area contributed by atoms with Crippen LogP contribution in [0.25, 0.3) is 10.4 Å². The molecule has 2 nitrogen and oxygen atoms in total. The van der Waals surface area contributed by atoms with Gasteiger partial charge in [0.25, 0.3) is 0 Å². The molecule has 2 rings (SSSR count). The predicted molar refractivity (Wildman–Crippen MR) is 57.6 cm³/mol. The van der Waals surface area contributed by atoms with Gasteiger partial charge in [0.15, 0.2) is 0 Å². The SMILES string of the molecule is FC(F)(F)c1cc(S)ccc1-c1cnns1. The van der Waals surface area contributed by atoms with Crippen molar-refractivity contribution in [2.45, 2.75) is 11.1 Å². The van der Waals surface area contributed by atoms with Crippen molar-refractivity contribution in [2.75, 3.05) is 0 Å². The van der Waals surface area contributed by atoms with Crippen molar-refractivity contribution in [1.29, 1.82) is 0 Å². The van der Waals surface area contributed by atoms with Crippen LogP contribution in [-0.2, 0) is 6.18 Å². The average molecular weight is 262 g/mol. The van der Waals surface area contributed by atoms with Gasteiger partial charge in [-0.1, -0.05) is 10.6 Å². The summed E-state index contributed by atoms with van der Waals surface area (Å²) < 4.78 is 41.8. The molecular weight excluding hydrogens is 257 g/mol. The molecule has 1 heterocycles. The van der Waals surface area contributed by atoms with E-state index >= 15 is 0 Å². The molecule has 0 aliphatic rings. The number of thiol groups is 1. The molecule has 0 fully saturated rings. The van der Waals surface area contributed by atoms with E-state index in [0.29, 0.717) is 4.88 Å². The Hall–Kier alpha value is -1.08. The van der Waals surface area contributed by atoms with Crippen LogP contribution in [-0.4, -0.2) is 9.59 Å². The van der Waals surface area contributed by atoms with Gasteiger partial charge in [0, 0.05) is 10.5 Å². The number of benzene rings is 1. The minimum absolute atomic E-state index is 0.0836. The number of nitrogens with zero attached hydrogens (tertiary/aromatic N) is 2. The molecule has 2 aromatic rings. The van der Waals surface area contributed by atoms with Crippen LogP contribution >= 0.6 is 24.2 Å². The maximum absolute atomic E-state index is 12.8.